The van der Waals surface area contributed by atoms with Gasteiger partial charge in [-0.25, -0.2) is 4.98 Å². The molecular formula is C22H22N4O2S. The molecule has 2 heterocycles. The van der Waals surface area contributed by atoms with E-state index in [4.69, 9.17) is 4.74 Å². The van der Waals surface area contributed by atoms with E-state index < -0.39 is 0 Å². The molecule has 4 rings (SSSR count). The van der Waals surface area contributed by atoms with E-state index in [0.717, 1.165) is 39.0 Å². The van der Waals surface area contributed by atoms with Crippen LogP contribution in [0.5, 0.6) is 5.75 Å². The van der Waals surface area contributed by atoms with E-state index in [1.807, 2.05) is 83.5 Å². The monoisotopic (exact) mass is 406 g/mol. The lowest BCUT2D eigenvalue weighted by atomic mass is 10.2. The molecule has 0 atom stereocenters. The van der Waals surface area contributed by atoms with Crippen molar-refractivity contribution in [1.29, 1.82) is 0 Å². The van der Waals surface area contributed by atoms with Crippen LogP contribution in [0.25, 0.3) is 16.2 Å². The van der Waals surface area contributed by atoms with Gasteiger partial charge in [0.25, 0.3) is 0 Å². The highest BCUT2D eigenvalue weighted by molar-refractivity contribution is 7.15. The first-order valence-corrected chi connectivity index (χ1v) is 10.1. The normalized spacial score (nSPS) is 10.9. The Kier molecular flexibility index (Phi) is 5.22. The van der Waals surface area contributed by atoms with Crippen LogP contribution in [0, 0.1) is 0 Å². The zero-order valence-corrected chi connectivity index (χ0v) is 17.4. The summed E-state index contributed by atoms with van der Waals surface area (Å²) >= 11 is 1.53. The van der Waals surface area contributed by atoms with Gasteiger partial charge in [0.1, 0.15) is 5.75 Å². The maximum absolute atomic E-state index is 12.5. The second-order valence-corrected chi connectivity index (χ2v) is 7.74. The number of aromatic nitrogens is 2. The van der Waals surface area contributed by atoms with Gasteiger partial charge in [-0.3, -0.25) is 9.20 Å². The minimum atomic E-state index is -0.0537. The summed E-state index contributed by atoms with van der Waals surface area (Å²) in [5.74, 6) is 0.757. The Morgan fingerprint density at radius 3 is 2.52 bits per heavy atom. The van der Waals surface area contributed by atoms with Crippen molar-refractivity contribution < 1.29 is 9.53 Å². The van der Waals surface area contributed by atoms with E-state index >= 15 is 0 Å². The summed E-state index contributed by atoms with van der Waals surface area (Å²) in [7, 11) is 5.62. The Hall–Kier alpha value is -3.32. The summed E-state index contributed by atoms with van der Waals surface area (Å²) in [4.78, 5) is 20.1. The molecule has 1 N–H and O–H groups in total. The molecule has 29 heavy (non-hydrogen) atoms. The lowest BCUT2D eigenvalue weighted by Gasteiger charge is -2.13. The summed E-state index contributed by atoms with van der Waals surface area (Å²) in [6.07, 6.45) is 2.26. The molecule has 0 aliphatic carbocycles. The number of thiazole rings is 1. The van der Waals surface area contributed by atoms with E-state index in [1.165, 1.54) is 11.3 Å². The van der Waals surface area contributed by atoms with Gasteiger partial charge in [0, 0.05) is 48.3 Å². The Morgan fingerprint density at radius 2 is 1.86 bits per heavy atom. The topological polar surface area (TPSA) is 58.9 Å². The molecule has 0 radical (unpaired) electrons. The quantitative estimate of drug-likeness (QED) is 0.518. The summed E-state index contributed by atoms with van der Waals surface area (Å²) in [6.45, 7) is 0. The lowest BCUT2D eigenvalue weighted by molar-refractivity contribution is -0.115. The highest BCUT2D eigenvalue weighted by atomic mass is 32.1. The van der Waals surface area contributed by atoms with Crippen LogP contribution in [0.15, 0.2) is 60.1 Å². The maximum Gasteiger partial charge on any atom is 0.230 e. The Bertz CT molecular complexity index is 1130. The first kappa shape index (κ1) is 19.0. The number of carbonyl (C=O) groups excluding carboxylic acids is 1. The predicted molar refractivity (Wildman–Crippen MR) is 118 cm³/mol. The molecule has 0 saturated carbocycles. The van der Waals surface area contributed by atoms with Crippen molar-refractivity contribution in [2.24, 2.45) is 0 Å². The first-order chi connectivity index (χ1) is 14.0. The van der Waals surface area contributed by atoms with Gasteiger partial charge >= 0.3 is 0 Å². The molecule has 0 bridgehead atoms. The number of benzene rings is 2. The molecule has 148 valence electrons. The SMILES string of the molecule is COc1ccc(-c2cn3c(CC(=O)Nc4ccc(N(C)C)cc4)csc3n2)cc1. The van der Waals surface area contributed by atoms with E-state index in [2.05, 4.69) is 10.3 Å². The van der Waals surface area contributed by atoms with Crippen LogP contribution in [-0.2, 0) is 11.2 Å². The maximum atomic E-state index is 12.5. The first-order valence-electron chi connectivity index (χ1n) is 9.20. The third-order valence-corrected chi connectivity index (χ3v) is 5.57. The van der Waals surface area contributed by atoms with Gasteiger partial charge in [-0.2, -0.15) is 0 Å². The van der Waals surface area contributed by atoms with Crippen molar-refractivity contribution in [1.82, 2.24) is 9.38 Å². The minimum Gasteiger partial charge on any atom is -0.497 e. The molecule has 0 saturated heterocycles. The number of nitrogens with zero attached hydrogens (tertiary/aromatic N) is 3. The number of amides is 1. The fraction of sp³-hybridized carbons (Fsp3) is 0.182. The largest absolute Gasteiger partial charge is 0.497 e. The zero-order chi connectivity index (χ0) is 20.4. The molecule has 6 nitrogen and oxygen atoms in total. The number of fused-ring (bicyclic) bond motifs is 1. The van der Waals surface area contributed by atoms with Gasteiger partial charge < -0.3 is 15.0 Å². The fourth-order valence-corrected chi connectivity index (χ4v) is 3.94. The Morgan fingerprint density at radius 1 is 1.14 bits per heavy atom. The molecule has 0 aliphatic heterocycles. The van der Waals surface area contributed by atoms with E-state index in [1.54, 1.807) is 7.11 Å². The van der Waals surface area contributed by atoms with Crippen molar-refractivity contribution in [2.75, 3.05) is 31.4 Å². The van der Waals surface area contributed by atoms with Crippen LogP contribution in [-0.4, -0.2) is 36.5 Å². The fourth-order valence-electron chi connectivity index (χ4n) is 3.07. The van der Waals surface area contributed by atoms with Crippen molar-refractivity contribution in [3.05, 3.63) is 65.8 Å². The van der Waals surface area contributed by atoms with Crippen molar-refractivity contribution in [3.8, 4) is 17.0 Å². The lowest BCUT2D eigenvalue weighted by Crippen LogP contribution is -2.15. The van der Waals surface area contributed by atoms with E-state index in [-0.39, 0.29) is 12.3 Å². The molecule has 1 amide bonds. The van der Waals surface area contributed by atoms with E-state index in [0.29, 0.717) is 0 Å². The smallest absolute Gasteiger partial charge is 0.230 e. The van der Waals surface area contributed by atoms with Crippen molar-refractivity contribution in [2.45, 2.75) is 6.42 Å². The molecule has 2 aromatic heterocycles. The van der Waals surface area contributed by atoms with Gasteiger partial charge in [0.05, 0.1) is 19.2 Å². The molecule has 2 aromatic carbocycles. The molecule has 0 aliphatic rings. The van der Waals surface area contributed by atoms with E-state index in [9.17, 15) is 4.79 Å². The van der Waals surface area contributed by atoms with Crippen LogP contribution in [0.2, 0.25) is 0 Å². The molecule has 7 heteroatoms. The van der Waals surface area contributed by atoms with Gasteiger partial charge in [0.15, 0.2) is 4.96 Å². The number of nitrogens with one attached hydrogen (secondary N) is 1. The highest BCUT2D eigenvalue weighted by Gasteiger charge is 2.13. The number of methoxy groups -OCH3 is 1. The molecule has 0 fully saturated rings. The van der Waals surface area contributed by atoms with Crippen LogP contribution >= 0.6 is 11.3 Å². The van der Waals surface area contributed by atoms with Gasteiger partial charge in [0.2, 0.25) is 5.91 Å². The van der Waals surface area contributed by atoms with Crippen LogP contribution in [0.1, 0.15) is 5.69 Å². The van der Waals surface area contributed by atoms with Crippen LogP contribution < -0.4 is 15.0 Å². The minimum absolute atomic E-state index is 0.0537. The molecular weight excluding hydrogens is 384 g/mol. The zero-order valence-electron chi connectivity index (χ0n) is 16.5. The van der Waals surface area contributed by atoms with Crippen molar-refractivity contribution in [3.63, 3.8) is 0 Å². The standard InChI is InChI=1S/C22H22N4O2S/c1-25(2)17-8-6-16(7-9-17)23-21(27)12-18-14-29-22-24-20(13-26(18)22)15-4-10-19(28-3)11-5-15/h4-11,13-14H,12H2,1-3H3,(H,23,27). The number of carbonyl (C=O) groups is 1. The Labute approximate surface area is 173 Å². The van der Waals surface area contributed by atoms with Gasteiger partial charge in [-0.05, 0) is 48.5 Å². The second kappa shape index (κ2) is 7.97. The van der Waals surface area contributed by atoms with Gasteiger partial charge in [-0.15, -0.1) is 11.3 Å². The molecule has 0 spiro atoms. The summed E-state index contributed by atoms with van der Waals surface area (Å²) < 4.78 is 7.19. The molecule has 4 aromatic rings. The summed E-state index contributed by atoms with van der Waals surface area (Å²) in [6, 6.07) is 15.6. The van der Waals surface area contributed by atoms with Crippen LogP contribution in [0.4, 0.5) is 11.4 Å². The average molecular weight is 407 g/mol. The Balaban J connectivity index is 1.49. The second-order valence-electron chi connectivity index (χ2n) is 6.90. The summed E-state index contributed by atoms with van der Waals surface area (Å²) in [5, 5.41) is 4.94. The van der Waals surface area contributed by atoms with Gasteiger partial charge in [-0.1, -0.05) is 0 Å². The predicted octanol–water partition coefficient (Wildman–Crippen LogP) is 4.32. The number of ether oxygens (including phenoxy) is 1. The summed E-state index contributed by atoms with van der Waals surface area (Å²) in [5.41, 5.74) is 4.68. The average Bonchev–Trinajstić information content (AvgIpc) is 3.30. The van der Waals surface area contributed by atoms with Crippen molar-refractivity contribution >= 4 is 33.6 Å². The number of imidazole rings is 1. The van der Waals surface area contributed by atoms with Crippen LogP contribution in [0.3, 0.4) is 0 Å². The third-order valence-electron chi connectivity index (χ3n) is 4.68. The number of rotatable bonds is 6. The number of hydrogen-bond acceptors (Lipinski definition) is 5. The highest BCUT2D eigenvalue weighted by Crippen LogP contribution is 2.26. The number of anilines is 2. The third kappa shape index (κ3) is 4.09. The number of hydrogen-bond donors (Lipinski definition) is 1. The molecule has 0 unspecified atom stereocenters.